The third-order valence-corrected chi connectivity index (χ3v) is 4.01. The van der Waals surface area contributed by atoms with Gasteiger partial charge in [0.05, 0.1) is 12.4 Å². The molecule has 106 valence electrons. The normalized spacial score (nSPS) is 18.9. The van der Waals surface area contributed by atoms with Crippen LogP contribution in [0.15, 0.2) is 5.16 Å². The Kier molecular flexibility index (Phi) is 5.21. The van der Waals surface area contributed by atoms with Gasteiger partial charge in [0.1, 0.15) is 5.82 Å². The minimum absolute atomic E-state index is 0.0193. The molecule has 2 rings (SSSR count). The summed E-state index contributed by atoms with van der Waals surface area (Å²) in [5.74, 6) is 0.615. The zero-order valence-electron chi connectivity index (χ0n) is 11.0. The second-order valence-corrected chi connectivity index (χ2v) is 5.61. The molecular formula is C12H19N3O3S. The smallest absolute Gasteiger partial charge is 0.313 e. The van der Waals surface area contributed by atoms with E-state index in [9.17, 15) is 4.79 Å². The zero-order valence-corrected chi connectivity index (χ0v) is 11.9. The van der Waals surface area contributed by atoms with Crippen LogP contribution in [-0.4, -0.2) is 44.8 Å². The fourth-order valence-corrected chi connectivity index (χ4v) is 2.82. The van der Waals surface area contributed by atoms with Gasteiger partial charge in [0, 0.05) is 25.5 Å². The van der Waals surface area contributed by atoms with Gasteiger partial charge in [-0.1, -0.05) is 18.7 Å². The Morgan fingerprint density at radius 1 is 1.58 bits per heavy atom. The molecule has 1 aromatic heterocycles. The number of rotatable bonds is 7. The van der Waals surface area contributed by atoms with Crippen molar-refractivity contribution >= 4 is 17.7 Å². The van der Waals surface area contributed by atoms with Crippen molar-refractivity contribution in [2.75, 3.05) is 19.0 Å². The molecule has 7 heteroatoms. The number of carbonyl (C=O) groups is 1. The summed E-state index contributed by atoms with van der Waals surface area (Å²) in [6, 6.07) is 0. The van der Waals surface area contributed by atoms with Crippen LogP contribution in [0, 0.1) is 5.92 Å². The van der Waals surface area contributed by atoms with Gasteiger partial charge < -0.3 is 14.4 Å². The second kappa shape index (κ2) is 6.91. The summed E-state index contributed by atoms with van der Waals surface area (Å²) in [6.07, 6.45) is 2.92. The fraction of sp³-hybridized carbons (Fsp3) is 0.750. The lowest BCUT2D eigenvalue weighted by Crippen LogP contribution is -2.14. The predicted octanol–water partition coefficient (Wildman–Crippen LogP) is 1.44. The van der Waals surface area contributed by atoms with Gasteiger partial charge in [0.25, 0.3) is 0 Å². The second-order valence-electron chi connectivity index (χ2n) is 4.67. The molecule has 2 heterocycles. The van der Waals surface area contributed by atoms with E-state index in [4.69, 9.17) is 9.84 Å². The number of hydrogen-bond donors (Lipinski definition) is 1. The fourth-order valence-electron chi connectivity index (χ4n) is 2.13. The number of aliphatic carboxylic acids is 1. The van der Waals surface area contributed by atoms with Crippen LogP contribution in [0.4, 0.5) is 0 Å². The standard InChI is InChI=1S/C12H19N3O3S/c1-2-3-10-13-14-12(19-8-11(16)17)15(10)6-9-4-5-18-7-9/h9H,2-8H2,1H3,(H,16,17). The molecule has 1 aromatic rings. The Bertz CT molecular complexity index is 430. The van der Waals surface area contributed by atoms with Crippen molar-refractivity contribution < 1.29 is 14.6 Å². The molecule has 1 N–H and O–H groups in total. The quantitative estimate of drug-likeness (QED) is 0.764. The zero-order chi connectivity index (χ0) is 13.7. The maximum absolute atomic E-state index is 10.7. The highest BCUT2D eigenvalue weighted by molar-refractivity contribution is 7.99. The Hall–Kier alpha value is -1.08. The van der Waals surface area contributed by atoms with E-state index in [1.54, 1.807) is 0 Å². The first-order valence-electron chi connectivity index (χ1n) is 6.55. The van der Waals surface area contributed by atoms with E-state index in [2.05, 4.69) is 21.7 Å². The number of aryl methyl sites for hydroxylation is 1. The molecule has 1 fully saturated rings. The van der Waals surface area contributed by atoms with E-state index in [-0.39, 0.29) is 5.75 Å². The monoisotopic (exact) mass is 285 g/mol. The van der Waals surface area contributed by atoms with E-state index >= 15 is 0 Å². The van der Waals surface area contributed by atoms with E-state index in [0.717, 1.165) is 44.8 Å². The van der Waals surface area contributed by atoms with Crippen LogP contribution >= 0.6 is 11.8 Å². The number of aromatic nitrogens is 3. The van der Waals surface area contributed by atoms with Gasteiger partial charge in [-0.3, -0.25) is 4.79 Å². The van der Waals surface area contributed by atoms with Gasteiger partial charge in [-0.05, 0) is 12.8 Å². The Morgan fingerprint density at radius 2 is 2.42 bits per heavy atom. The SMILES string of the molecule is CCCc1nnc(SCC(=O)O)n1CC1CCOC1. The maximum Gasteiger partial charge on any atom is 0.313 e. The van der Waals surface area contributed by atoms with Crippen molar-refractivity contribution in [3.63, 3.8) is 0 Å². The average Bonchev–Trinajstić information content (AvgIpc) is 2.99. The van der Waals surface area contributed by atoms with Crippen LogP contribution in [0.1, 0.15) is 25.6 Å². The van der Waals surface area contributed by atoms with Crippen LogP contribution in [0.5, 0.6) is 0 Å². The lowest BCUT2D eigenvalue weighted by Gasteiger charge is -2.13. The minimum Gasteiger partial charge on any atom is -0.481 e. The maximum atomic E-state index is 10.7. The molecule has 0 spiro atoms. The molecule has 1 unspecified atom stereocenters. The van der Waals surface area contributed by atoms with Gasteiger partial charge in [0.15, 0.2) is 5.16 Å². The van der Waals surface area contributed by atoms with Gasteiger partial charge in [-0.15, -0.1) is 10.2 Å². The van der Waals surface area contributed by atoms with Crippen molar-refractivity contribution in [1.29, 1.82) is 0 Å². The molecule has 1 aliphatic rings. The van der Waals surface area contributed by atoms with Gasteiger partial charge in [-0.2, -0.15) is 0 Å². The molecule has 6 nitrogen and oxygen atoms in total. The minimum atomic E-state index is -0.833. The lowest BCUT2D eigenvalue weighted by molar-refractivity contribution is -0.133. The molecule has 0 radical (unpaired) electrons. The van der Waals surface area contributed by atoms with Crippen molar-refractivity contribution in [3.8, 4) is 0 Å². The Labute approximate surface area is 116 Å². The number of carboxylic acid groups (broad SMARTS) is 1. The Morgan fingerprint density at radius 3 is 3.05 bits per heavy atom. The summed E-state index contributed by atoms with van der Waals surface area (Å²) < 4.78 is 7.45. The Balaban J connectivity index is 2.09. The molecule has 0 aromatic carbocycles. The molecule has 1 aliphatic heterocycles. The van der Waals surface area contributed by atoms with Gasteiger partial charge in [-0.25, -0.2) is 0 Å². The van der Waals surface area contributed by atoms with Gasteiger partial charge in [0.2, 0.25) is 0 Å². The number of carboxylic acids is 1. The predicted molar refractivity (Wildman–Crippen MR) is 71.3 cm³/mol. The summed E-state index contributed by atoms with van der Waals surface area (Å²) >= 11 is 1.23. The third-order valence-electron chi connectivity index (χ3n) is 3.06. The van der Waals surface area contributed by atoms with Crippen LogP contribution in [0.25, 0.3) is 0 Å². The molecule has 1 atom stereocenters. The van der Waals surface area contributed by atoms with Crippen molar-refractivity contribution in [2.45, 2.75) is 37.9 Å². The molecule has 0 amide bonds. The first kappa shape index (κ1) is 14.3. The van der Waals surface area contributed by atoms with Crippen LogP contribution < -0.4 is 0 Å². The summed E-state index contributed by atoms with van der Waals surface area (Å²) in [7, 11) is 0. The molecule has 0 aliphatic carbocycles. The third kappa shape index (κ3) is 3.94. The van der Waals surface area contributed by atoms with Crippen molar-refractivity contribution in [3.05, 3.63) is 5.82 Å². The molecular weight excluding hydrogens is 266 g/mol. The number of ether oxygens (including phenoxy) is 1. The van der Waals surface area contributed by atoms with Crippen LogP contribution in [0.2, 0.25) is 0 Å². The van der Waals surface area contributed by atoms with E-state index in [1.807, 2.05) is 0 Å². The number of hydrogen-bond acceptors (Lipinski definition) is 5. The highest BCUT2D eigenvalue weighted by Crippen LogP contribution is 2.22. The molecule has 19 heavy (non-hydrogen) atoms. The largest absolute Gasteiger partial charge is 0.481 e. The summed E-state index contributed by atoms with van der Waals surface area (Å²) in [5, 5.41) is 17.8. The van der Waals surface area contributed by atoms with E-state index in [1.165, 1.54) is 11.8 Å². The van der Waals surface area contributed by atoms with E-state index in [0.29, 0.717) is 11.1 Å². The summed E-state index contributed by atoms with van der Waals surface area (Å²) in [5.41, 5.74) is 0. The van der Waals surface area contributed by atoms with Crippen LogP contribution in [0.3, 0.4) is 0 Å². The molecule has 0 saturated carbocycles. The number of thioether (sulfide) groups is 1. The number of nitrogens with zero attached hydrogens (tertiary/aromatic N) is 3. The first-order chi connectivity index (χ1) is 9.20. The highest BCUT2D eigenvalue weighted by Gasteiger charge is 2.21. The summed E-state index contributed by atoms with van der Waals surface area (Å²) in [6.45, 7) is 4.51. The van der Waals surface area contributed by atoms with Crippen LogP contribution in [-0.2, 0) is 22.5 Å². The molecule has 0 bridgehead atoms. The highest BCUT2D eigenvalue weighted by atomic mass is 32.2. The first-order valence-corrected chi connectivity index (χ1v) is 7.53. The van der Waals surface area contributed by atoms with Gasteiger partial charge >= 0.3 is 5.97 Å². The van der Waals surface area contributed by atoms with E-state index < -0.39 is 5.97 Å². The average molecular weight is 285 g/mol. The lowest BCUT2D eigenvalue weighted by atomic mass is 10.1. The topological polar surface area (TPSA) is 77.2 Å². The van der Waals surface area contributed by atoms with Crippen molar-refractivity contribution in [1.82, 2.24) is 14.8 Å². The van der Waals surface area contributed by atoms with Crippen molar-refractivity contribution in [2.24, 2.45) is 5.92 Å². The molecule has 1 saturated heterocycles. The summed E-state index contributed by atoms with van der Waals surface area (Å²) in [4.78, 5) is 10.7.